The maximum Gasteiger partial charge on any atom is 0.335 e. The molecular weight excluding hydrogens is 373 g/mol. The molecule has 1 aliphatic heterocycles. The minimum Gasteiger partial charge on any atom is -0.478 e. The number of halogens is 1. The second-order valence-corrected chi connectivity index (χ2v) is 6.70. The zero-order chi connectivity index (χ0) is 20.2. The Bertz CT molecular complexity index is 1000. The van der Waals surface area contributed by atoms with E-state index >= 15 is 0 Å². The van der Waals surface area contributed by atoms with Gasteiger partial charge in [-0.25, -0.2) is 14.2 Å². The van der Waals surface area contributed by atoms with E-state index < -0.39 is 5.97 Å². The quantitative estimate of drug-likeness (QED) is 0.688. The van der Waals surface area contributed by atoms with Crippen LogP contribution < -0.4 is 15.1 Å². The van der Waals surface area contributed by atoms with Gasteiger partial charge < -0.3 is 20.2 Å². The molecule has 0 spiro atoms. The predicted molar refractivity (Wildman–Crippen MR) is 110 cm³/mol. The Kier molecular flexibility index (Phi) is 5.24. The number of piperazine rings is 1. The van der Waals surface area contributed by atoms with E-state index in [1.54, 1.807) is 48.7 Å². The Hall–Kier alpha value is -3.68. The molecule has 0 bridgehead atoms. The van der Waals surface area contributed by atoms with Crippen molar-refractivity contribution in [2.24, 2.45) is 0 Å². The van der Waals surface area contributed by atoms with Gasteiger partial charge in [0.2, 0.25) is 5.95 Å². The fraction of sp³-hybridized carbons (Fsp3) is 0.190. The molecular formula is C21H20FN5O2. The van der Waals surface area contributed by atoms with Gasteiger partial charge in [0.15, 0.2) is 0 Å². The third-order valence-corrected chi connectivity index (χ3v) is 4.78. The lowest BCUT2D eigenvalue weighted by Crippen LogP contribution is -2.47. The normalized spacial score (nSPS) is 14.0. The molecule has 2 heterocycles. The van der Waals surface area contributed by atoms with Crippen LogP contribution >= 0.6 is 0 Å². The monoisotopic (exact) mass is 393 g/mol. The van der Waals surface area contributed by atoms with E-state index in [-0.39, 0.29) is 11.4 Å². The smallest absolute Gasteiger partial charge is 0.335 e. The van der Waals surface area contributed by atoms with Crippen LogP contribution in [-0.2, 0) is 0 Å². The highest BCUT2D eigenvalue weighted by molar-refractivity contribution is 5.89. The van der Waals surface area contributed by atoms with Crippen molar-refractivity contribution < 1.29 is 14.3 Å². The number of carbonyl (C=O) groups is 1. The zero-order valence-electron chi connectivity index (χ0n) is 15.6. The number of anilines is 4. The molecule has 7 nitrogen and oxygen atoms in total. The summed E-state index contributed by atoms with van der Waals surface area (Å²) in [7, 11) is 0. The minimum absolute atomic E-state index is 0.209. The van der Waals surface area contributed by atoms with Crippen LogP contribution in [0, 0.1) is 5.82 Å². The van der Waals surface area contributed by atoms with Crippen LogP contribution in [0.2, 0.25) is 0 Å². The Labute approximate surface area is 167 Å². The van der Waals surface area contributed by atoms with E-state index in [1.165, 1.54) is 12.1 Å². The molecule has 1 fully saturated rings. The molecule has 8 heteroatoms. The van der Waals surface area contributed by atoms with Crippen LogP contribution in [0.3, 0.4) is 0 Å². The summed E-state index contributed by atoms with van der Waals surface area (Å²) in [6.07, 6.45) is 1.68. The first kappa shape index (κ1) is 18.7. The number of hydrogen-bond donors (Lipinski definition) is 2. The van der Waals surface area contributed by atoms with Crippen molar-refractivity contribution >= 4 is 29.1 Å². The van der Waals surface area contributed by atoms with Crippen LogP contribution in [0.15, 0.2) is 60.8 Å². The number of benzene rings is 2. The van der Waals surface area contributed by atoms with Crippen LogP contribution in [-0.4, -0.2) is 47.2 Å². The van der Waals surface area contributed by atoms with Gasteiger partial charge in [-0.1, -0.05) is 6.07 Å². The SMILES string of the molecule is O=C(O)c1cccc(Nc2ccnc(N3CCN(c4ccc(F)cc4)CC3)n2)c1. The van der Waals surface area contributed by atoms with E-state index in [0.29, 0.717) is 17.5 Å². The largest absolute Gasteiger partial charge is 0.478 e. The van der Waals surface area contributed by atoms with Gasteiger partial charge in [-0.05, 0) is 48.5 Å². The lowest BCUT2D eigenvalue weighted by molar-refractivity contribution is 0.0697. The fourth-order valence-electron chi connectivity index (χ4n) is 3.26. The molecule has 2 N–H and O–H groups in total. The van der Waals surface area contributed by atoms with Crippen LogP contribution in [0.5, 0.6) is 0 Å². The molecule has 1 aromatic heterocycles. The second kappa shape index (κ2) is 8.14. The van der Waals surface area contributed by atoms with Gasteiger partial charge in [-0.2, -0.15) is 4.98 Å². The van der Waals surface area contributed by atoms with Gasteiger partial charge in [-0.15, -0.1) is 0 Å². The molecule has 1 saturated heterocycles. The van der Waals surface area contributed by atoms with E-state index in [1.807, 2.05) is 0 Å². The lowest BCUT2D eigenvalue weighted by atomic mass is 10.2. The second-order valence-electron chi connectivity index (χ2n) is 6.70. The number of aromatic carboxylic acids is 1. The lowest BCUT2D eigenvalue weighted by Gasteiger charge is -2.36. The van der Waals surface area contributed by atoms with Crippen molar-refractivity contribution in [1.29, 1.82) is 0 Å². The highest BCUT2D eigenvalue weighted by Gasteiger charge is 2.19. The minimum atomic E-state index is -0.976. The summed E-state index contributed by atoms with van der Waals surface area (Å²) >= 11 is 0. The summed E-state index contributed by atoms with van der Waals surface area (Å²) < 4.78 is 13.1. The van der Waals surface area contributed by atoms with Crippen molar-refractivity contribution in [3.8, 4) is 0 Å². The molecule has 29 heavy (non-hydrogen) atoms. The third kappa shape index (κ3) is 4.43. The van der Waals surface area contributed by atoms with E-state index in [9.17, 15) is 9.18 Å². The molecule has 4 rings (SSSR count). The highest BCUT2D eigenvalue weighted by atomic mass is 19.1. The molecule has 0 radical (unpaired) electrons. The fourth-order valence-corrected chi connectivity index (χ4v) is 3.26. The summed E-state index contributed by atoms with van der Waals surface area (Å²) in [5.41, 5.74) is 1.86. The molecule has 3 aromatic rings. The van der Waals surface area contributed by atoms with E-state index in [0.717, 1.165) is 31.9 Å². The van der Waals surface area contributed by atoms with Crippen LogP contribution in [0.25, 0.3) is 0 Å². The maximum atomic E-state index is 13.1. The standard InChI is InChI=1S/C21H20FN5O2/c22-16-4-6-18(7-5-16)26-10-12-27(13-11-26)21-23-9-8-19(25-21)24-17-3-1-2-15(14-17)20(28)29/h1-9,14H,10-13H2,(H,28,29)(H,23,24,25). The molecule has 0 unspecified atom stereocenters. The van der Waals surface area contributed by atoms with Crippen molar-refractivity contribution in [1.82, 2.24) is 9.97 Å². The average Bonchev–Trinajstić information content (AvgIpc) is 2.75. The summed E-state index contributed by atoms with van der Waals surface area (Å²) in [5, 5.41) is 12.3. The number of aromatic nitrogens is 2. The summed E-state index contributed by atoms with van der Waals surface area (Å²) in [6, 6.07) is 14.8. The first-order valence-electron chi connectivity index (χ1n) is 9.27. The number of carboxylic acid groups (broad SMARTS) is 1. The summed E-state index contributed by atoms with van der Waals surface area (Å²) in [4.78, 5) is 24.4. The summed E-state index contributed by atoms with van der Waals surface area (Å²) in [5.74, 6) is -0.00306. The van der Waals surface area contributed by atoms with Gasteiger partial charge in [0.25, 0.3) is 0 Å². The number of rotatable bonds is 5. The van der Waals surface area contributed by atoms with Crippen molar-refractivity contribution in [3.05, 3.63) is 72.2 Å². The first-order chi connectivity index (χ1) is 14.1. The molecule has 1 aliphatic rings. The zero-order valence-corrected chi connectivity index (χ0v) is 15.6. The molecule has 148 valence electrons. The molecule has 0 amide bonds. The van der Waals surface area contributed by atoms with Gasteiger partial charge >= 0.3 is 5.97 Å². The van der Waals surface area contributed by atoms with Gasteiger partial charge in [0.05, 0.1) is 5.56 Å². The Morgan fingerprint density at radius 2 is 1.72 bits per heavy atom. The van der Waals surface area contributed by atoms with Crippen LogP contribution in [0.1, 0.15) is 10.4 Å². The van der Waals surface area contributed by atoms with Gasteiger partial charge in [0.1, 0.15) is 11.6 Å². The average molecular weight is 393 g/mol. The van der Waals surface area contributed by atoms with E-state index in [4.69, 9.17) is 5.11 Å². The van der Waals surface area contributed by atoms with E-state index in [2.05, 4.69) is 25.1 Å². The highest BCUT2D eigenvalue weighted by Crippen LogP contribution is 2.21. The number of nitrogens with one attached hydrogen (secondary N) is 1. The van der Waals surface area contributed by atoms with Gasteiger partial charge in [0, 0.05) is 43.8 Å². The van der Waals surface area contributed by atoms with Crippen molar-refractivity contribution in [2.75, 3.05) is 41.3 Å². The topological polar surface area (TPSA) is 81.6 Å². The van der Waals surface area contributed by atoms with Crippen LogP contribution in [0.4, 0.5) is 27.5 Å². The molecule has 0 aliphatic carbocycles. The Balaban J connectivity index is 1.42. The predicted octanol–water partition coefficient (Wildman–Crippen LogP) is 3.38. The Morgan fingerprint density at radius 1 is 1.00 bits per heavy atom. The first-order valence-corrected chi connectivity index (χ1v) is 9.27. The Morgan fingerprint density at radius 3 is 2.45 bits per heavy atom. The molecule has 0 atom stereocenters. The van der Waals surface area contributed by atoms with Crippen molar-refractivity contribution in [2.45, 2.75) is 0 Å². The van der Waals surface area contributed by atoms with Gasteiger partial charge in [-0.3, -0.25) is 0 Å². The summed E-state index contributed by atoms with van der Waals surface area (Å²) in [6.45, 7) is 3.06. The number of carboxylic acids is 1. The maximum absolute atomic E-state index is 13.1. The molecule has 0 saturated carbocycles. The third-order valence-electron chi connectivity index (χ3n) is 4.78. The molecule has 2 aromatic carbocycles. The number of hydrogen-bond acceptors (Lipinski definition) is 6. The number of nitrogens with zero attached hydrogens (tertiary/aromatic N) is 4. The van der Waals surface area contributed by atoms with Crippen molar-refractivity contribution in [3.63, 3.8) is 0 Å².